The van der Waals surface area contributed by atoms with Crippen LogP contribution >= 0.6 is 0 Å². The number of amides is 2. The fourth-order valence-electron chi connectivity index (χ4n) is 3.79. The molecule has 22 heavy (non-hydrogen) atoms. The van der Waals surface area contributed by atoms with Crippen molar-refractivity contribution in [2.24, 2.45) is 5.92 Å². The molecule has 0 spiro atoms. The lowest BCUT2D eigenvalue weighted by Gasteiger charge is -2.34. The predicted octanol–water partition coefficient (Wildman–Crippen LogP) is 2.05. The van der Waals surface area contributed by atoms with E-state index in [2.05, 4.69) is 0 Å². The Morgan fingerprint density at radius 2 is 1.86 bits per heavy atom. The molecule has 1 aliphatic heterocycles. The lowest BCUT2D eigenvalue weighted by Crippen LogP contribution is -2.47. The maximum absolute atomic E-state index is 12.7. The Bertz CT molecular complexity index is 386. The van der Waals surface area contributed by atoms with Gasteiger partial charge in [-0.1, -0.05) is 19.3 Å². The summed E-state index contributed by atoms with van der Waals surface area (Å²) in [4.78, 5) is 29.1. The van der Waals surface area contributed by atoms with E-state index < -0.39 is 0 Å². The topological polar surface area (TPSA) is 49.9 Å². The van der Waals surface area contributed by atoms with Gasteiger partial charge in [-0.15, -0.1) is 0 Å². The maximum atomic E-state index is 12.7. The molecule has 0 N–H and O–H groups in total. The summed E-state index contributed by atoms with van der Waals surface area (Å²) in [5.41, 5.74) is 0. The largest absolute Gasteiger partial charge is 0.384 e. The smallest absolute Gasteiger partial charge is 0.227 e. The van der Waals surface area contributed by atoms with Crippen molar-refractivity contribution >= 4 is 11.8 Å². The molecule has 2 rings (SSSR count). The van der Waals surface area contributed by atoms with Crippen LogP contribution in [0.15, 0.2) is 0 Å². The quantitative estimate of drug-likeness (QED) is 0.801. The number of carbonyl (C=O) groups excluding carboxylic acids is 2. The first-order chi connectivity index (χ1) is 10.6. The summed E-state index contributed by atoms with van der Waals surface area (Å²) in [7, 11) is 3.53. The molecule has 126 valence electrons. The fourth-order valence-corrected chi connectivity index (χ4v) is 3.79. The fraction of sp³-hybridized carbons (Fsp3) is 0.882. The minimum atomic E-state index is -0.00500. The average molecular weight is 310 g/mol. The van der Waals surface area contributed by atoms with Gasteiger partial charge in [0.25, 0.3) is 0 Å². The van der Waals surface area contributed by atoms with Gasteiger partial charge in [0.1, 0.15) is 0 Å². The van der Waals surface area contributed by atoms with Crippen LogP contribution in [0.3, 0.4) is 0 Å². The van der Waals surface area contributed by atoms with Crippen LogP contribution in [0.1, 0.15) is 51.4 Å². The normalized spacial score (nSPS) is 27.5. The Hall–Kier alpha value is -1.10. The van der Waals surface area contributed by atoms with Gasteiger partial charge in [-0.25, -0.2) is 0 Å². The van der Waals surface area contributed by atoms with Gasteiger partial charge in [0.2, 0.25) is 11.8 Å². The van der Waals surface area contributed by atoms with E-state index in [1.54, 1.807) is 7.11 Å². The zero-order valence-electron chi connectivity index (χ0n) is 14.1. The number of carbonyl (C=O) groups is 2. The van der Waals surface area contributed by atoms with E-state index in [1.165, 1.54) is 0 Å². The average Bonchev–Trinajstić information content (AvgIpc) is 2.98. The van der Waals surface area contributed by atoms with Crippen molar-refractivity contribution in [2.75, 3.05) is 33.9 Å². The van der Waals surface area contributed by atoms with Gasteiger partial charge in [0.05, 0.1) is 18.9 Å². The highest BCUT2D eigenvalue weighted by molar-refractivity contribution is 5.82. The third-order valence-corrected chi connectivity index (χ3v) is 5.06. The Morgan fingerprint density at radius 3 is 2.59 bits per heavy atom. The lowest BCUT2D eigenvalue weighted by molar-refractivity contribution is -0.140. The van der Waals surface area contributed by atoms with Crippen molar-refractivity contribution in [1.82, 2.24) is 9.80 Å². The van der Waals surface area contributed by atoms with Crippen molar-refractivity contribution in [1.29, 1.82) is 0 Å². The van der Waals surface area contributed by atoms with Crippen molar-refractivity contribution in [3.05, 3.63) is 0 Å². The third kappa shape index (κ3) is 4.22. The van der Waals surface area contributed by atoms with Crippen LogP contribution in [-0.2, 0) is 14.3 Å². The summed E-state index contributed by atoms with van der Waals surface area (Å²) >= 11 is 0. The summed E-state index contributed by atoms with van der Waals surface area (Å²) < 4.78 is 5.05. The summed E-state index contributed by atoms with van der Waals surface area (Å²) in [6, 6.07) is 0.0948. The predicted molar refractivity (Wildman–Crippen MR) is 85.4 cm³/mol. The highest BCUT2D eigenvalue weighted by Gasteiger charge is 2.39. The molecule has 0 aromatic rings. The number of hydrogen-bond donors (Lipinski definition) is 0. The molecule has 5 heteroatoms. The maximum Gasteiger partial charge on any atom is 0.227 e. The van der Waals surface area contributed by atoms with Gasteiger partial charge in [-0.3, -0.25) is 9.59 Å². The van der Waals surface area contributed by atoms with E-state index >= 15 is 0 Å². The Morgan fingerprint density at radius 1 is 1.14 bits per heavy atom. The highest BCUT2D eigenvalue weighted by atomic mass is 16.5. The first kappa shape index (κ1) is 17.3. The molecule has 2 atom stereocenters. The Labute approximate surface area is 134 Å². The number of methoxy groups -OCH3 is 1. The molecule has 2 aliphatic rings. The minimum absolute atomic E-state index is 0.00500. The van der Waals surface area contributed by atoms with Gasteiger partial charge in [-0.05, 0) is 25.7 Å². The number of hydrogen-bond acceptors (Lipinski definition) is 3. The van der Waals surface area contributed by atoms with E-state index in [4.69, 9.17) is 4.74 Å². The van der Waals surface area contributed by atoms with Gasteiger partial charge < -0.3 is 14.5 Å². The standard InChI is InChI=1S/C17H30N2O3/c1-18-11-5-3-4-6-12-19(16(20)10-13-22-2)15-9-7-8-14(15)17(18)21/h14-15H,3-13H2,1-2H3/t14-,15+/m1/s1. The van der Waals surface area contributed by atoms with E-state index in [-0.39, 0.29) is 23.8 Å². The SMILES string of the molecule is COCCC(=O)N1CCCCCCN(C)C(=O)[C@@H]2CCC[C@@H]21. The summed E-state index contributed by atoms with van der Waals surface area (Å²) in [5, 5.41) is 0. The molecular formula is C17H30N2O3. The molecule has 1 saturated heterocycles. The van der Waals surface area contributed by atoms with Crippen molar-refractivity contribution in [3.63, 3.8) is 0 Å². The second-order valence-electron chi connectivity index (χ2n) is 6.61. The number of rotatable bonds is 3. The zero-order chi connectivity index (χ0) is 15.9. The van der Waals surface area contributed by atoms with Crippen LogP contribution in [-0.4, -0.2) is 61.5 Å². The molecule has 2 fully saturated rings. The second kappa shape index (κ2) is 8.51. The monoisotopic (exact) mass is 310 g/mol. The molecule has 1 heterocycles. The van der Waals surface area contributed by atoms with Crippen molar-refractivity contribution in [2.45, 2.75) is 57.4 Å². The summed E-state index contributed by atoms with van der Waals surface area (Å²) in [6.45, 7) is 2.10. The van der Waals surface area contributed by atoms with Crippen LogP contribution in [0.2, 0.25) is 0 Å². The molecule has 0 aromatic heterocycles. The summed E-state index contributed by atoms with van der Waals surface area (Å²) in [5.74, 6) is 0.372. The minimum Gasteiger partial charge on any atom is -0.384 e. The van der Waals surface area contributed by atoms with Gasteiger partial charge in [0.15, 0.2) is 0 Å². The van der Waals surface area contributed by atoms with E-state index in [0.29, 0.717) is 13.0 Å². The molecule has 0 aromatic carbocycles. The van der Waals surface area contributed by atoms with E-state index in [0.717, 1.165) is 58.0 Å². The molecule has 1 saturated carbocycles. The highest BCUT2D eigenvalue weighted by Crippen LogP contribution is 2.32. The van der Waals surface area contributed by atoms with Crippen LogP contribution in [0, 0.1) is 5.92 Å². The second-order valence-corrected chi connectivity index (χ2v) is 6.61. The molecule has 0 unspecified atom stereocenters. The lowest BCUT2D eigenvalue weighted by atomic mass is 9.99. The van der Waals surface area contributed by atoms with Crippen LogP contribution in [0.5, 0.6) is 0 Å². The Kier molecular flexibility index (Phi) is 6.68. The van der Waals surface area contributed by atoms with Crippen molar-refractivity contribution in [3.8, 4) is 0 Å². The first-order valence-corrected chi connectivity index (χ1v) is 8.68. The Balaban J connectivity index is 2.14. The third-order valence-electron chi connectivity index (χ3n) is 5.06. The van der Waals surface area contributed by atoms with E-state index in [9.17, 15) is 9.59 Å². The van der Waals surface area contributed by atoms with Gasteiger partial charge in [0, 0.05) is 33.3 Å². The zero-order valence-corrected chi connectivity index (χ0v) is 14.1. The van der Waals surface area contributed by atoms with Gasteiger partial charge >= 0.3 is 0 Å². The number of fused-ring (bicyclic) bond motifs is 1. The van der Waals surface area contributed by atoms with Crippen LogP contribution < -0.4 is 0 Å². The van der Waals surface area contributed by atoms with Crippen LogP contribution in [0.25, 0.3) is 0 Å². The molecule has 0 radical (unpaired) electrons. The van der Waals surface area contributed by atoms with Gasteiger partial charge in [-0.2, -0.15) is 0 Å². The van der Waals surface area contributed by atoms with Crippen molar-refractivity contribution < 1.29 is 14.3 Å². The molecule has 1 aliphatic carbocycles. The number of ether oxygens (including phenoxy) is 1. The molecular weight excluding hydrogens is 280 g/mol. The molecule has 2 amide bonds. The first-order valence-electron chi connectivity index (χ1n) is 8.68. The number of nitrogens with zero attached hydrogens (tertiary/aromatic N) is 2. The van der Waals surface area contributed by atoms with E-state index in [1.807, 2.05) is 16.8 Å². The summed E-state index contributed by atoms with van der Waals surface area (Å²) in [6.07, 6.45) is 7.72. The van der Waals surface area contributed by atoms with Crippen LogP contribution in [0.4, 0.5) is 0 Å². The molecule has 5 nitrogen and oxygen atoms in total. The molecule has 0 bridgehead atoms.